The van der Waals surface area contributed by atoms with Gasteiger partial charge in [-0.05, 0) is 55.7 Å². The van der Waals surface area contributed by atoms with Crippen molar-refractivity contribution in [2.24, 2.45) is 0 Å². The molecule has 5 nitrogen and oxygen atoms in total. The maximum absolute atomic E-state index is 12.7. The lowest BCUT2D eigenvalue weighted by atomic mass is 10.1. The summed E-state index contributed by atoms with van der Waals surface area (Å²) in [5.41, 5.74) is 1.48. The summed E-state index contributed by atoms with van der Waals surface area (Å²) in [6.45, 7) is 2.82. The second-order valence-electron chi connectivity index (χ2n) is 6.17. The number of benzene rings is 2. The van der Waals surface area contributed by atoms with Gasteiger partial charge in [0.1, 0.15) is 0 Å². The second-order valence-corrected chi connectivity index (χ2v) is 8.95. The molecule has 0 radical (unpaired) electrons. The number of hydrogen-bond acceptors (Lipinski definition) is 3. The molecule has 0 spiro atoms. The molecule has 2 aromatic rings. The first kappa shape index (κ1) is 19.2. The predicted octanol–water partition coefficient (Wildman–Crippen LogP) is 4.34. The number of sulfonamides is 1. The highest BCUT2D eigenvalue weighted by Gasteiger charge is 2.28. The van der Waals surface area contributed by atoms with Crippen molar-refractivity contribution in [3.8, 4) is 0 Å². The summed E-state index contributed by atoms with van der Waals surface area (Å²) >= 11 is 12.1. The Labute approximate surface area is 163 Å². The summed E-state index contributed by atoms with van der Waals surface area (Å²) in [7, 11) is -3.63. The van der Waals surface area contributed by atoms with Gasteiger partial charge in [0.2, 0.25) is 10.0 Å². The third-order valence-electron chi connectivity index (χ3n) is 4.33. The van der Waals surface area contributed by atoms with E-state index >= 15 is 0 Å². The highest BCUT2D eigenvalue weighted by molar-refractivity contribution is 7.89. The van der Waals surface area contributed by atoms with Crippen molar-refractivity contribution in [3.63, 3.8) is 0 Å². The molecule has 1 N–H and O–H groups in total. The summed E-state index contributed by atoms with van der Waals surface area (Å²) in [6.07, 6.45) is 1.68. The van der Waals surface area contributed by atoms with Gasteiger partial charge in [-0.2, -0.15) is 4.31 Å². The number of hydrogen-bond donors (Lipinski definition) is 1. The minimum atomic E-state index is -3.63. The summed E-state index contributed by atoms with van der Waals surface area (Å²) in [6, 6.07) is 9.33. The van der Waals surface area contributed by atoms with Crippen LogP contribution in [-0.2, 0) is 10.0 Å². The van der Waals surface area contributed by atoms with E-state index in [2.05, 4.69) is 5.32 Å². The van der Waals surface area contributed by atoms with Crippen molar-refractivity contribution in [1.82, 2.24) is 4.31 Å². The van der Waals surface area contributed by atoms with Gasteiger partial charge in [-0.15, -0.1) is 0 Å². The lowest BCUT2D eigenvalue weighted by Gasteiger charge is -2.16. The van der Waals surface area contributed by atoms with Gasteiger partial charge in [-0.3, -0.25) is 4.79 Å². The number of carbonyl (C=O) groups is 1. The molecule has 138 valence electrons. The zero-order valence-electron chi connectivity index (χ0n) is 14.1. The first-order chi connectivity index (χ1) is 12.3. The van der Waals surface area contributed by atoms with Crippen molar-refractivity contribution >= 4 is 44.8 Å². The number of carbonyl (C=O) groups excluding carboxylic acids is 1. The molecule has 8 heteroatoms. The van der Waals surface area contributed by atoms with Gasteiger partial charge in [0.05, 0.1) is 15.5 Å². The molecule has 1 aliphatic rings. The molecular formula is C18H18Cl2N2O3S. The summed E-state index contributed by atoms with van der Waals surface area (Å²) < 4.78 is 26.9. The Balaban J connectivity index is 1.92. The first-order valence-electron chi connectivity index (χ1n) is 8.16. The SMILES string of the molecule is Cc1ccc(Cl)cc1NC(=O)c1cc(S(=O)(=O)N2CCCC2)ccc1Cl. The van der Waals surface area contributed by atoms with Crippen LogP contribution in [0.15, 0.2) is 41.3 Å². The fraction of sp³-hybridized carbons (Fsp3) is 0.278. The van der Waals surface area contributed by atoms with Crippen molar-refractivity contribution in [2.45, 2.75) is 24.7 Å². The number of amides is 1. The summed E-state index contributed by atoms with van der Waals surface area (Å²) in [5.74, 6) is -0.487. The van der Waals surface area contributed by atoms with E-state index in [0.717, 1.165) is 18.4 Å². The molecule has 3 rings (SSSR count). The third kappa shape index (κ3) is 3.88. The number of aryl methyl sites for hydroxylation is 1. The maximum Gasteiger partial charge on any atom is 0.257 e. The first-order valence-corrected chi connectivity index (χ1v) is 10.4. The van der Waals surface area contributed by atoms with Crippen LogP contribution in [0.2, 0.25) is 10.0 Å². The van der Waals surface area contributed by atoms with E-state index in [9.17, 15) is 13.2 Å². The highest BCUT2D eigenvalue weighted by Crippen LogP contribution is 2.27. The molecule has 1 saturated heterocycles. The van der Waals surface area contributed by atoms with Crippen LogP contribution in [0.25, 0.3) is 0 Å². The summed E-state index contributed by atoms with van der Waals surface area (Å²) in [5, 5.41) is 3.41. The number of anilines is 1. The molecule has 0 saturated carbocycles. The van der Waals surface area contributed by atoms with Gasteiger partial charge in [0.25, 0.3) is 5.91 Å². The van der Waals surface area contributed by atoms with Crippen molar-refractivity contribution in [3.05, 3.63) is 57.6 Å². The van der Waals surface area contributed by atoms with E-state index in [1.165, 1.54) is 22.5 Å². The zero-order chi connectivity index (χ0) is 18.9. The monoisotopic (exact) mass is 412 g/mol. The average Bonchev–Trinajstić information content (AvgIpc) is 3.13. The fourth-order valence-electron chi connectivity index (χ4n) is 2.83. The molecule has 1 aliphatic heterocycles. The largest absolute Gasteiger partial charge is 0.322 e. The van der Waals surface area contributed by atoms with Crippen LogP contribution >= 0.6 is 23.2 Å². The van der Waals surface area contributed by atoms with Crippen LogP contribution in [0.1, 0.15) is 28.8 Å². The zero-order valence-corrected chi connectivity index (χ0v) is 16.5. The minimum absolute atomic E-state index is 0.0665. The highest BCUT2D eigenvalue weighted by atomic mass is 35.5. The Morgan fingerprint density at radius 2 is 1.77 bits per heavy atom. The van der Waals surface area contributed by atoms with Crippen LogP contribution in [0.5, 0.6) is 0 Å². The molecular weight excluding hydrogens is 395 g/mol. The minimum Gasteiger partial charge on any atom is -0.322 e. The summed E-state index contributed by atoms with van der Waals surface area (Å²) in [4.78, 5) is 12.7. The average molecular weight is 413 g/mol. The molecule has 1 fully saturated rings. The van der Waals surface area contributed by atoms with E-state index in [1.54, 1.807) is 18.2 Å². The number of rotatable bonds is 4. The second kappa shape index (κ2) is 7.56. The smallest absolute Gasteiger partial charge is 0.257 e. The quantitative estimate of drug-likeness (QED) is 0.811. The maximum atomic E-state index is 12.7. The van der Waals surface area contributed by atoms with Gasteiger partial charge in [0, 0.05) is 23.8 Å². The number of halogens is 2. The lowest BCUT2D eigenvalue weighted by Crippen LogP contribution is -2.28. The van der Waals surface area contributed by atoms with E-state index < -0.39 is 15.9 Å². The Hall–Kier alpha value is -1.60. The van der Waals surface area contributed by atoms with Crippen LogP contribution in [0.3, 0.4) is 0 Å². The van der Waals surface area contributed by atoms with Crippen LogP contribution in [0.4, 0.5) is 5.69 Å². The van der Waals surface area contributed by atoms with Crippen LogP contribution in [-0.4, -0.2) is 31.7 Å². The Bertz CT molecular complexity index is 955. The third-order valence-corrected chi connectivity index (χ3v) is 6.79. The van der Waals surface area contributed by atoms with Crippen molar-refractivity contribution in [2.75, 3.05) is 18.4 Å². The van der Waals surface area contributed by atoms with Crippen molar-refractivity contribution in [1.29, 1.82) is 0 Å². The lowest BCUT2D eigenvalue weighted by molar-refractivity contribution is 0.102. The molecule has 0 aliphatic carbocycles. The van der Waals surface area contributed by atoms with Gasteiger partial charge in [-0.1, -0.05) is 29.3 Å². The molecule has 0 atom stereocenters. The topological polar surface area (TPSA) is 66.5 Å². The predicted molar refractivity (Wildman–Crippen MR) is 104 cm³/mol. The van der Waals surface area contributed by atoms with E-state index in [1.807, 2.05) is 6.92 Å². The molecule has 1 heterocycles. The van der Waals surface area contributed by atoms with E-state index in [4.69, 9.17) is 23.2 Å². The fourth-order valence-corrected chi connectivity index (χ4v) is 4.75. The molecule has 0 aromatic heterocycles. The Kier molecular flexibility index (Phi) is 5.58. The molecule has 2 aromatic carbocycles. The molecule has 0 bridgehead atoms. The van der Waals surface area contributed by atoms with Crippen LogP contribution in [0, 0.1) is 6.92 Å². The number of nitrogens with one attached hydrogen (secondary N) is 1. The molecule has 26 heavy (non-hydrogen) atoms. The van der Waals surface area contributed by atoms with Gasteiger partial charge in [0.15, 0.2) is 0 Å². The van der Waals surface area contributed by atoms with E-state index in [-0.39, 0.29) is 15.5 Å². The Morgan fingerprint density at radius 1 is 1.08 bits per heavy atom. The molecule has 1 amide bonds. The van der Waals surface area contributed by atoms with Gasteiger partial charge in [-0.25, -0.2) is 8.42 Å². The van der Waals surface area contributed by atoms with Crippen molar-refractivity contribution < 1.29 is 13.2 Å². The van der Waals surface area contributed by atoms with Crippen LogP contribution < -0.4 is 5.32 Å². The standard InChI is InChI=1S/C18H18Cl2N2O3S/c1-12-4-5-13(19)10-17(12)21-18(23)15-11-14(6-7-16(15)20)26(24,25)22-8-2-3-9-22/h4-7,10-11H,2-3,8-9H2,1H3,(H,21,23). The van der Waals surface area contributed by atoms with E-state index in [0.29, 0.717) is 23.8 Å². The van der Waals surface area contributed by atoms with Gasteiger partial charge >= 0.3 is 0 Å². The molecule has 0 unspecified atom stereocenters. The number of nitrogens with zero attached hydrogens (tertiary/aromatic N) is 1. The normalized spacial score (nSPS) is 15.2. The Morgan fingerprint density at radius 3 is 2.46 bits per heavy atom. The van der Waals surface area contributed by atoms with Gasteiger partial charge < -0.3 is 5.32 Å².